The van der Waals surface area contributed by atoms with Gasteiger partial charge in [-0.1, -0.05) is 37.5 Å². The zero-order valence-electron chi connectivity index (χ0n) is 12.1. The average Bonchev–Trinajstić information content (AvgIpc) is 2.86. The monoisotopic (exact) mass is 270 g/mol. The van der Waals surface area contributed by atoms with Gasteiger partial charge in [-0.2, -0.15) is 5.10 Å². The van der Waals surface area contributed by atoms with Gasteiger partial charge in [0.2, 0.25) is 0 Å². The molecule has 106 valence electrons. The van der Waals surface area contributed by atoms with Crippen molar-refractivity contribution in [2.24, 2.45) is 5.92 Å². The predicted octanol–water partition coefficient (Wildman–Crippen LogP) is 3.75. The number of fused-ring (bicyclic) bond motifs is 1. The number of Topliss-reactive ketones (excluding diaryl/α,β-unsaturated/α-hetero) is 1. The van der Waals surface area contributed by atoms with E-state index in [1.165, 1.54) is 19.3 Å². The molecular formula is C17H22N2O. The molecule has 1 aliphatic rings. The third-order valence-corrected chi connectivity index (χ3v) is 4.44. The SMILES string of the molecule is CCn1nc(CC(=O)C2CCCCC2)c2ccccc21. The van der Waals surface area contributed by atoms with Crippen LogP contribution in [0.5, 0.6) is 0 Å². The first-order valence-corrected chi connectivity index (χ1v) is 7.76. The van der Waals surface area contributed by atoms with E-state index in [9.17, 15) is 4.79 Å². The highest BCUT2D eigenvalue weighted by atomic mass is 16.1. The number of benzene rings is 1. The van der Waals surface area contributed by atoms with Gasteiger partial charge in [0.1, 0.15) is 5.78 Å². The van der Waals surface area contributed by atoms with Crippen LogP contribution in [0.25, 0.3) is 10.9 Å². The Labute approximate surface area is 120 Å². The van der Waals surface area contributed by atoms with Crippen LogP contribution >= 0.6 is 0 Å². The number of rotatable bonds is 4. The van der Waals surface area contributed by atoms with Crippen molar-refractivity contribution in [2.45, 2.75) is 52.0 Å². The van der Waals surface area contributed by atoms with E-state index in [1.807, 2.05) is 16.8 Å². The number of aromatic nitrogens is 2. The topological polar surface area (TPSA) is 34.9 Å². The maximum absolute atomic E-state index is 12.5. The standard InChI is InChI=1S/C17H22N2O/c1-2-19-16-11-7-6-10-14(16)15(18-19)12-17(20)13-8-4-3-5-9-13/h6-7,10-11,13H,2-5,8-9,12H2,1H3. The number of hydrogen-bond acceptors (Lipinski definition) is 2. The van der Waals surface area contributed by atoms with Crippen LogP contribution in [0.2, 0.25) is 0 Å². The molecule has 2 aromatic rings. The molecule has 3 nitrogen and oxygen atoms in total. The van der Waals surface area contributed by atoms with Crippen LogP contribution in [0, 0.1) is 5.92 Å². The lowest BCUT2D eigenvalue weighted by Gasteiger charge is -2.19. The number of hydrogen-bond donors (Lipinski definition) is 0. The Morgan fingerprint density at radius 2 is 2.00 bits per heavy atom. The Morgan fingerprint density at radius 1 is 1.25 bits per heavy atom. The number of nitrogens with zero attached hydrogens (tertiary/aromatic N) is 2. The summed E-state index contributed by atoms with van der Waals surface area (Å²) >= 11 is 0. The van der Waals surface area contributed by atoms with E-state index in [-0.39, 0.29) is 5.92 Å². The molecule has 0 N–H and O–H groups in total. The fraction of sp³-hybridized carbons (Fsp3) is 0.529. The zero-order valence-corrected chi connectivity index (χ0v) is 12.1. The second-order valence-electron chi connectivity index (χ2n) is 5.76. The van der Waals surface area contributed by atoms with E-state index >= 15 is 0 Å². The quantitative estimate of drug-likeness (QED) is 0.848. The van der Waals surface area contributed by atoms with Crippen LogP contribution < -0.4 is 0 Å². The highest BCUT2D eigenvalue weighted by molar-refractivity contribution is 5.89. The molecule has 0 bridgehead atoms. The van der Waals surface area contributed by atoms with E-state index in [0.717, 1.165) is 36.0 Å². The van der Waals surface area contributed by atoms with Gasteiger partial charge in [0.15, 0.2) is 0 Å². The molecule has 1 aromatic heterocycles. The Bertz CT molecular complexity index is 608. The minimum absolute atomic E-state index is 0.272. The van der Waals surface area contributed by atoms with Crippen molar-refractivity contribution in [2.75, 3.05) is 0 Å². The lowest BCUT2D eigenvalue weighted by atomic mass is 9.84. The maximum Gasteiger partial charge on any atom is 0.142 e. The Kier molecular flexibility index (Phi) is 3.86. The molecule has 3 heteroatoms. The van der Waals surface area contributed by atoms with Gasteiger partial charge in [0, 0.05) is 17.8 Å². The molecule has 1 heterocycles. The summed E-state index contributed by atoms with van der Waals surface area (Å²) in [4.78, 5) is 12.5. The summed E-state index contributed by atoms with van der Waals surface area (Å²) < 4.78 is 2.00. The lowest BCUT2D eigenvalue weighted by Crippen LogP contribution is -2.20. The zero-order chi connectivity index (χ0) is 13.9. The van der Waals surface area contributed by atoms with Crippen molar-refractivity contribution in [3.8, 4) is 0 Å². The number of para-hydroxylation sites is 1. The summed E-state index contributed by atoms with van der Waals surface area (Å²) in [6.07, 6.45) is 6.35. The van der Waals surface area contributed by atoms with Crippen molar-refractivity contribution in [1.29, 1.82) is 0 Å². The molecule has 0 amide bonds. The minimum atomic E-state index is 0.272. The highest BCUT2D eigenvalue weighted by Gasteiger charge is 2.23. The normalized spacial score (nSPS) is 16.6. The van der Waals surface area contributed by atoms with Gasteiger partial charge in [0.25, 0.3) is 0 Å². The third-order valence-electron chi connectivity index (χ3n) is 4.44. The lowest BCUT2D eigenvalue weighted by molar-refractivity contribution is -0.123. The molecule has 1 aliphatic carbocycles. The van der Waals surface area contributed by atoms with Gasteiger partial charge in [-0.05, 0) is 25.8 Å². The van der Waals surface area contributed by atoms with E-state index in [1.54, 1.807) is 0 Å². The molecule has 0 radical (unpaired) electrons. The fourth-order valence-corrected chi connectivity index (χ4v) is 3.30. The number of aryl methyl sites for hydroxylation is 1. The van der Waals surface area contributed by atoms with Gasteiger partial charge in [-0.25, -0.2) is 0 Å². The van der Waals surface area contributed by atoms with E-state index in [2.05, 4.69) is 24.2 Å². The van der Waals surface area contributed by atoms with Crippen molar-refractivity contribution < 1.29 is 4.79 Å². The van der Waals surface area contributed by atoms with Crippen molar-refractivity contribution in [1.82, 2.24) is 9.78 Å². The number of ketones is 1. The fourth-order valence-electron chi connectivity index (χ4n) is 3.30. The molecule has 0 aliphatic heterocycles. The highest BCUT2D eigenvalue weighted by Crippen LogP contribution is 2.27. The molecule has 3 rings (SSSR count). The van der Waals surface area contributed by atoms with Crippen LogP contribution in [0.1, 0.15) is 44.7 Å². The third kappa shape index (κ3) is 2.49. The van der Waals surface area contributed by atoms with E-state index < -0.39 is 0 Å². The minimum Gasteiger partial charge on any atom is -0.299 e. The Balaban J connectivity index is 1.85. The number of carbonyl (C=O) groups excluding carboxylic acids is 1. The molecule has 20 heavy (non-hydrogen) atoms. The second-order valence-corrected chi connectivity index (χ2v) is 5.76. The maximum atomic E-state index is 12.5. The summed E-state index contributed by atoms with van der Waals surface area (Å²) in [5.41, 5.74) is 2.10. The Hall–Kier alpha value is -1.64. The van der Waals surface area contributed by atoms with Crippen LogP contribution in [0.4, 0.5) is 0 Å². The van der Waals surface area contributed by atoms with E-state index in [0.29, 0.717) is 12.2 Å². The van der Waals surface area contributed by atoms with Crippen molar-refractivity contribution in [3.05, 3.63) is 30.0 Å². The summed E-state index contributed by atoms with van der Waals surface area (Å²) in [5.74, 6) is 0.658. The first kappa shape index (κ1) is 13.3. The molecule has 1 fully saturated rings. The smallest absolute Gasteiger partial charge is 0.142 e. The summed E-state index contributed by atoms with van der Waals surface area (Å²) in [6.45, 7) is 2.93. The van der Waals surface area contributed by atoms with Crippen LogP contribution in [0.15, 0.2) is 24.3 Å². The summed E-state index contributed by atoms with van der Waals surface area (Å²) in [7, 11) is 0. The molecule has 0 unspecified atom stereocenters. The summed E-state index contributed by atoms with van der Waals surface area (Å²) in [5, 5.41) is 5.78. The predicted molar refractivity (Wildman–Crippen MR) is 80.7 cm³/mol. The van der Waals surface area contributed by atoms with Gasteiger partial charge in [-0.3, -0.25) is 9.48 Å². The molecule has 0 atom stereocenters. The van der Waals surface area contributed by atoms with E-state index in [4.69, 9.17) is 0 Å². The molecule has 0 saturated heterocycles. The van der Waals surface area contributed by atoms with Gasteiger partial charge < -0.3 is 0 Å². The van der Waals surface area contributed by atoms with Gasteiger partial charge in [0.05, 0.1) is 17.6 Å². The summed E-state index contributed by atoms with van der Waals surface area (Å²) in [6, 6.07) is 8.22. The number of carbonyl (C=O) groups is 1. The first-order chi connectivity index (χ1) is 9.79. The molecular weight excluding hydrogens is 248 g/mol. The van der Waals surface area contributed by atoms with Gasteiger partial charge in [-0.15, -0.1) is 0 Å². The average molecular weight is 270 g/mol. The van der Waals surface area contributed by atoms with Gasteiger partial charge >= 0.3 is 0 Å². The first-order valence-electron chi connectivity index (χ1n) is 7.76. The van der Waals surface area contributed by atoms with Crippen LogP contribution in [0.3, 0.4) is 0 Å². The van der Waals surface area contributed by atoms with Crippen LogP contribution in [-0.4, -0.2) is 15.6 Å². The largest absolute Gasteiger partial charge is 0.299 e. The van der Waals surface area contributed by atoms with Crippen molar-refractivity contribution in [3.63, 3.8) is 0 Å². The molecule has 1 aromatic carbocycles. The molecule has 0 spiro atoms. The second kappa shape index (κ2) is 5.78. The van der Waals surface area contributed by atoms with Crippen molar-refractivity contribution >= 4 is 16.7 Å². The van der Waals surface area contributed by atoms with Crippen LogP contribution in [-0.2, 0) is 17.8 Å². The Morgan fingerprint density at radius 3 is 2.75 bits per heavy atom. The molecule has 1 saturated carbocycles.